The molecule has 0 fully saturated rings. The Labute approximate surface area is 53.0 Å². The number of hydrogen-bond donors (Lipinski definition) is 0. The monoisotopic (exact) mass is 133 g/mol. The van der Waals surface area contributed by atoms with Gasteiger partial charge >= 0.3 is 0 Å². The Kier molecular flexibility index (Phi) is 2.76. The van der Waals surface area contributed by atoms with Crippen LogP contribution in [0.1, 0.15) is 20.8 Å². The van der Waals surface area contributed by atoms with Crippen molar-refractivity contribution in [1.29, 1.82) is 0 Å². The molecular weight excluding hydrogens is 117 g/mol. The summed E-state index contributed by atoms with van der Waals surface area (Å²) in [4.78, 5) is 0. The van der Waals surface area contributed by atoms with E-state index in [1.54, 1.807) is 0 Å². The Morgan fingerprint density at radius 2 is 1.50 bits per heavy atom. The minimum Gasteiger partial charge on any atom is -0.301 e. The molecule has 0 rings (SSSR count). The zero-order valence-corrected chi connectivity index (χ0v) is 7.45. The molecule has 8 heavy (non-hydrogen) atoms. The van der Waals surface area contributed by atoms with Crippen molar-refractivity contribution in [3.8, 4) is 0 Å². The Balaban J connectivity index is 3.89. The first-order chi connectivity index (χ1) is 3.42. The van der Waals surface area contributed by atoms with E-state index in [2.05, 4.69) is 38.8 Å². The summed E-state index contributed by atoms with van der Waals surface area (Å²) in [5, 5.41) is 0. The second-order valence-electron chi connectivity index (χ2n) is 3.23. The van der Waals surface area contributed by atoms with Crippen molar-refractivity contribution in [1.82, 2.24) is 0 Å². The maximum absolute atomic E-state index is 4.51. The van der Waals surface area contributed by atoms with Gasteiger partial charge in [-0.1, -0.05) is 0 Å². The Hall–Kier alpha value is 0.230. The second kappa shape index (κ2) is 2.68. The molecule has 0 amide bonds. The van der Waals surface area contributed by atoms with Crippen LogP contribution in [0, 0.1) is 0 Å². The first-order valence-electron chi connectivity index (χ1n) is 2.95. The van der Waals surface area contributed by atoms with E-state index in [0.29, 0.717) is 0 Å². The molecule has 0 bridgehead atoms. The van der Waals surface area contributed by atoms with E-state index < -0.39 is 0 Å². The highest BCUT2D eigenvalue weighted by Crippen LogP contribution is 2.21. The van der Waals surface area contributed by atoms with Crippen LogP contribution in [0.3, 0.4) is 0 Å². The molecule has 0 aliphatic rings. The van der Waals surface area contributed by atoms with Crippen LogP contribution in [-0.4, -0.2) is 18.9 Å². The molecule has 1 nitrogen and oxygen atoms in total. The lowest BCUT2D eigenvalue weighted by Crippen LogP contribution is -2.07. The molecule has 50 valence electrons. The molecule has 0 aliphatic carbocycles. The average Bonchev–Trinajstić information content (AvgIpc) is 1.21. The zero-order chi connectivity index (χ0) is 6.78. The van der Waals surface area contributed by atoms with Crippen LogP contribution in [-0.2, 0) is 0 Å². The summed E-state index contributed by atoms with van der Waals surface area (Å²) in [6, 6.07) is 0. The van der Waals surface area contributed by atoms with E-state index in [-0.39, 0.29) is 13.3 Å². The quantitative estimate of drug-likeness (QED) is 0.450. The van der Waals surface area contributed by atoms with Crippen LogP contribution in [0.4, 0.5) is 0 Å². The van der Waals surface area contributed by atoms with Crippen molar-refractivity contribution >= 4 is 7.71 Å². The van der Waals surface area contributed by atoms with Crippen LogP contribution >= 0.6 is 7.71 Å². The molecule has 0 aliphatic heterocycles. The molecule has 0 aromatic rings. The fourth-order valence-corrected chi connectivity index (χ4v) is 2.01. The molecule has 0 saturated carbocycles. The van der Waals surface area contributed by atoms with Crippen LogP contribution in [0.15, 0.2) is 4.74 Å². The van der Waals surface area contributed by atoms with E-state index in [0.717, 1.165) is 0 Å². The van der Waals surface area contributed by atoms with Crippen molar-refractivity contribution in [2.75, 3.05) is 13.3 Å². The summed E-state index contributed by atoms with van der Waals surface area (Å²) < 4.78 is 4.51. The zero-order valence-electron chi connectivity index (χ0n) is 6.45. The highest BCUT2D eigenvalue weighted by molar-refractivity contribution is 7.45. The summed E-state index contributed by atoms with van der Waals surface area (Å²) in [5.41, 5.74) is 0.192. The minimum atomic E-state index is -0.367. The molecule has 0 atom stereocenters. The van der Waals surface area contributed by atoms with Crippen LogP contribution in [0.25, 0.3) is 0 Å². The number of hydrogen-bond acceptors (Lipinski definition) is 1. The van der Waals surface area contributed by atoms with Gasteiger partial charge in [0.2, 0.25) is 0 Å². The van der Waals surface area contributed by atoms with Gasteiger partial charge in [0.05, 0.1) is 5.54 Å². The SMILES string of the molecule is C[PH](C)=NC(C)(C)C. The van der Waals surface area contributed by atoms with Crippen molar-refractivity contribution < 1.29 is 0 Å². The van der Waals surface area contributed by atoms with Gasteiger partial charge < -0.3 is 4.74 Å². The molecule has 0 spiro atoms. The third-order valence-electron chi connectivity index (χ3n) is 0.559. The van der Waals surface area contributed by atoms with Gasteiger partial charge in [-0.3, -0.25) is 0 Å². The topological polar surface area (TPSA) is 12.4 Å². The van der Waals surface area contributed by atoms with Gasteiger partial charge in [0.25, 0.3) is 0 Å². The minimum absolute atomic E-state index is 0.192. The second-order valence-corrected chi connectivity index (χ2v) is 5.35. The molecule has 0 heterocycles. The molecule has 0 unspecified atom stereocenters. The highest BCUT2D eigenvalue weighted by Gasteiger charge is 2.03. The summed E-state index contributed by atoms with van der Waals surface area (Å²) in [6.45, 7) is 10.8. The molecule has 2 heteroatoms. The first-order valence-corrected chi connectivity index (χ1v) is 5.39. The van der Waals surface area contributed by atoms with Gasteiger partial charge in [0.1, 0.15) is 0 Å². The lowest BCUT2D eigenvalue weighted by molar-refractivity contribution is 0.592. The predicted molar refractivity (Wildman–Crippen MR) is 42.3 cm³/mol. The summed E-state index contributed by atoms with van der Waals surface area (Å²) >= 11 is 0. The van der Waals surface area contributed by atoms with Crippen molar-refractivity contribution in [2.45, 2.75) is 26.3 Å². The Bertz CT molecular complexity index is 95.6. The molecule has 0 aromatic heterocycles. The van der Waals surface area contributed by atoms with Gasteiger partial charge in [-0.05, 0) is 41.8 Å². The van der Waals surface area contributed by atoms with E-state index >= 15 is 0 Å². The maximum Gasteiger partial charge on any atom is 0.0505 e. The first kappa shape index (κ1) is 8.23. The molecule has 0 radical (unpaired) electrons. The third kappa shape index (κ3) is 6.23. The van der Waals surface area contributed by atoms with Gasteiger partial charge in [-0.25, -0.2) is 0 Å². The standard InChI is InChI=1S/C6H16NP/c1-6(2,3)7-8(4)5/h8H,1-5H3. The summed E-state index contributed by atoms with van der Waals surface area (Å²) in [5.74, 6) is 0. The third-order valence-corrected chi connectivity index (χ3v) is 1.68. The van der Waals surface area contributed by atoms with E-state index in [1.165, 1.54) is 0 Å². The Morgan fingerprint density at radius 3 is 1.50 bits per heavy atom. The average molecular weight is 133 g/mol. The fraction of sp³-hybridized carbons (Fsp3) is 1.00. The molecular formula is C6H16NP. The van der Waals surface area contributed by atoms with Crippen LogP contribution < -0.4 is 0 Å². The van der Waals surface area contributed by atoms with E-state index in [1.807, 2.05) is 0 Å². The number of rotatable bonds is 0. The van der Waals surface area contributed by atoms with Crippen LogP contribution in [0.5, 0.6) is 0 Å². The van der Waals surface area contributed by atoms with E-state index in [4.69, 9.17) is 0 Å². The Morgan fingerprint density at radius 1 is 1.12 bits per heavy atom. The lowest BCUT2D eigenvalue weighted by atomic mass is 10.1. The summed E-state index contributed by atoms with van der Waals surface area (Å²) in [7, 11) is -0.367. The van der Waals surface area contributed by atoms with Crippen LogP contribution in [0.2, 0.25) is 0 Å². The van der Waals surface area contributed by atoms with Gasteiger partial charge in [0, 0.05) is 0 Å². The van der Waals surface area contributed by atoms with Gasteiger partial charge in [0.15, 0.2) is 0 Å². The highest BCUT2D eigenvalue weighted by atomic mass is 31.1. The maximum atomic E-state index is 4.51. The van der Waals surface area contributed by atoms with Gasteiger partial charge in [-0.15, -0.1) is 0 Å². The van der Waals surface area contributed by atoms with Crippen molar-refractivity contribution in [2.24, 2.45) is 4.74 Å². The molecule has 0 N–H and O–H groups in total. The van der Waals surface area contributed by atoms with Crippen molar-refractivity contribution in [3.05, 3.63) is 0 Å². The predicted octanol–water partition coefficient (Wildman–Crippen LogP) is 2.44. The fourth-order valence-electron chi connectivity index (χ4n) is 0.671. The van der Waals surface area contributed by atoms with E-state index in [9.17, 15) is 0 Å². The molecule has 0 saturated heterocycles. The summed E-state index contributed by atoms with van der Waals surface area (Å²) in [6.07, 6.45) is 0. The van der Waals surface area contributed by atoms with Crippen molar-refractivity contribution in [3.63, 3.8) is 0 Å². The molecule has 0 aromatic carbocycles. The normalized spacial score (nSPS) is 12.2. The smallest absolute Gasteiger partial charge is 0.0505 e. The lowest BCUT2D eigenvalue weighted by Gasteiger charge is -2.12. The van der Waals surface area contributed by atoms with Gasteiger partial charge in [-0.2, -0.15) is 0 Å². The number of nitrogens with zero attached hydrogens (tertiary/aromatic N) is 1. The largest absolute Gasteiger partial charge is 0.301 e.